The molecule has 3 unspecified atom stereocenters. The molecule has 2 aliphatic rings. The first-order chi connectivity index (χ1) is 18.9. The summed E-state index contributed by atoms with van der Waals surface area (Å²) in [5, 5.41) is 10.6. The highest BCUT2D eigenvalue weighted by Gasteiger charge is 2.38. The number of pyridine rings is 2. The Morgan fingerprint density at radius 1 is 1.00 bits per heavy atom. The van der Waals surface area contributed by atoms with Crippen LogP contribution in [0.25, 0.3) is 0 Å². The van der Waals surface area contributed by atoms with E-state index in [1.165, 1.54) is 0 Å². The quantitative estimate of drug-likeness (QED) is 0.363. The standard InChI is InChI=1S/C32H51N5O2S/c1-23(28-12-10-26(19-33-28)36-15-8-9-25(21-36)32(5,6)38)14-16-35(7)31(3,4)30-22-37(17-18-39-30)27-11-13-29(24(2)40)34-20-27/h10-13,19-20,23-25,30,38,40H,8-9,14-18,21-22H2,1-7H3/t23?,24?,25?,30-/m0/s1. The Bertz CT molecular complexity index is 1070. The van der Waals surface area contributed by atoms with E-state index in [1.807, 2.05) is 33.2 Å². The van der Waals surface area contributed by atoms with Gasteiger partial charge in [-0.05, 0) is 97.7 Å². The van der Waals surface area contributed by atoms with E-state index in [1.54, 1.807) is 0 Å². The summed E-state index contributed by atoms with van der Waals surface area (Å²) in [6.45, 7) is 18.1. The van der Waals surface area contributed by atoms with Gasteiger partial charge in [0.15, 0.2) is 0 Å². The molecule has 4 rings (SSSR count). The molecule has 0 bridgehead atoms. The smallest absolute Gasteiger partial charge is 0.0928 e. The van der Waals surface area contributed by atoms with E-state index >= 15 is 0 Å². The maximum absolute atomic E-state index is 10.5. The molecule has 0 spiro atoms. The third-order valence-electron chi connectivity index (χ3n) is 9.36. The number of piperidine rings is 1. The Labute approximate surface area is 247 Å². The van der Waals surface area contributed by atoms with Crippen LogP contribution in [0.2, 0.25) is 0 Å². The van der Waals surface area contributed by atoms with E-state index in [4.69, 9.17) is 9.72 Å². The van der Waals surface area contributed by atoms with Gasteiger partial charge in [-0.2, -0.15) is 12.6 Å². The van der Waals surface area contributed by atoms with Gasteiger partial charge >= 0.3 is 0 Å². The van der Waals surface area contributed by atoms with Crippen LogP contribution in [0.5, 0.6) is 0 Å². The second kappa shape index (κ2) is 13.0. The molecule has 1 N–H and O–H groups in total. The van der Waals surface area contributed by atoms with Crippen LogP contribution in [0, 0.1) is 5.92 Å². The number of likely N-dealkylation sites (N-methyl/N-ethyl adjacent to an activating group) is 1. The van der Waals surface area contributed by atoms with Gasteiger partial charge < -0.3 is 19.6 Å². The van der Waals surface area contributed by atoms with Crippen LogP contribution < -0.4 is 9.80 Å². The van der Waals surface area contributed by atoms with Gasteiger partial charge in [0.05, 0.1) is 47.8 Å². The number of morpholine rings is 1. The van der Waals surface area contributed by atoms with Crippen molar-refractivity contribution in [3.05, 3.63) is 48.0 Å². The summed E-state index contributed by atoms with van der Waals surface area (Å²) in [6, 6.07) is 8.64. The minimum Gasteiger partial charge on any atom is -0.390 e. The molecule has 0 radical (unpaired) electrons. The summed E-state index contributed by atoms with van der Waals surface area (Å²) in [7, 11) is 2.21. The summed E-state index contributed by atoms with van der Waals surface area (Å²) < 4.78 is 6.32. The Kier molecular flexibility index (Phi) is 10.1. The van der Waals surface area contributed by atoms with Crippen LogP contribution in [0.4, 0.5) is 11.4 Å². The number of ether oxygens (including phenoxy) is 1. The monoisotopic (exact) mass is 569 g/mol. The average molecular weight is 570 g/mol. The Morgan fingerprint density at radius 3 is 2.20 bits per heavy atom. The SMILES string of the molecule is CC(S)c1ccc(N2CCO[C@H](C(C)(C)N(C)CCC(C)c3ccc(N4CCCC(C(C)(C)O)C4)cn3)C2)cn1. The highest BCUT2D eigenvalue weighted by atomic mass is 32.1. The van der Waals surface area contributed by atoms with Crippen molar-refractivity contribution in [2.45, 2.75) is 89.2 Å². The highest BCUT2D eigenvalue weighted by molar-refractivity contribution is 7.80. The molecular weight excluding hydrogens is 518 g/mol. The summed E-state index contributed by atoms with van der Waals surface area (Å²) in [5.74, 6) is 0.651. The third kappa shape index (κ3) is 7.50. The van der Waals surface area contributed by atoms with Crippen LogP contribution in [0.15, 0.2) is 36.7 Å². The van der Waals surface area contributed by atoms with Crippen molar-refractivity contribution in [3.63, 3.8) is 0 Å². The lowest BCUT2D eigenvalue weighted by Crippen LogP contribution is -2.59. The number of nitrogens with zero attached hydrogens (tertiary/aromatic N) is 5. The Hall–Kier alpha value is -1.87. The van der Waals surface area contributed by atoms with Crippen LogP contribution in [0.1, 0.15) is 83.4 Å². The van der Waals surface area contributed by atoms with E-state index < -0.39 is 5.60 Å². The van der Waals surface area contributed by atoms with Crippen molar-refractivity contribution in [2.24, 2.45) is 5.92 Å². The average Bonchev–Trinajstić information content (AvgIpc) is 2.95. The van der Waals surface area contributed by atoms with Crippen molar-refractivity contribution in [3.8, 4) is 0 Å². The van der Waals surface area contributed by atoms with Gasteiger partial charge in [-0.15, -0.1) is 0 Å². The highest BCUT2D eigenvalue weighted by Crippen LogP contribution is 2.31. The fraction of sp³-hybridized carbons (Fsp3) is 0.688. The molecule has 0 saturated carbocycles. The molecular formula is C32H51N5O2S. The third-order valence-corrected chi connectivity index (χ3v) is 9.63. The van der Waals surface area contributed by atoms with Crippen molar-refractivity contribution in [2.75, 3.05) is 56.2 Å². The fourth-order valence-electron chi connectivity index (χ4n) is 5.88. The zero-order chi connectivity index (χ0) is 29.1. The van der Waals surface area contributed by atoms with E-state index in [0.29, 0.717) is 12.5 Å². The van der Waals surface area contributed by atoms with Gasteiger partial charge in [0.2, 0.25) is 0 Å². The van der Waals surface area contributed by atoms with Crippen LogP contribution in [-0.4, -0.2) is 83.6 Å². The summed E-state index contributed by atoms with van der Waals surface area (Å²) in [5.41, 5.74) is 3.68. The predicted octanol–water partition coefficient (Wildman–Crippen LogP) is 5.56. The van der Waals surface area contributed by atoms with E-state index in [2.05, 4.69) is 84.4 Å². The second-order valence-electron chi connectivity index (χ2n) is 13.1. The van der Waals surface area contributed by atoms with Gasteiger partial charge in [-0.25, -0.2) is 0 Å². The zero-order valence-corrected chi connectivity index (χ0v) is 26.6. The number of aromatic nitrogens is 2. The number of thiol groups is 1. The minimum absolute atomic E-state index is 0.0970. The van der Waals surface area contributed by atoms with E-state index in [0.717, 1.165) is 74.7 Å². The summed E-state index contributed by atoms with van der Waals surface area (Å²) in [6.07, 6.45) is 7.31. The first-order valence-electron chi connectivity index (χ1n) is 15.0. The van der Waals surface area contributed by atoms with Gasteiger partial charge in [-0.3, -0.25) is 14.9 Å². The molecule has 4 heterocycles. The second-order valence-corrected chi connectivity index (χ2v) is 13.8. The predicted molar refractivity (Wildman–Crippen MR) is 169 cm³/mol. The fourth-order valence-corrected chi connectivity index (χ4v) is 6.03. The molecule has 2 aromatic heterocycles. The molecule has 2 saturated heterocycles. The maximum Gasteiger partial charge on any atom is 0.0928 e. The van der Waals surface area contributed by atoms with Crippen LogP contribution in [0.3, 0.4) is 0 Å². The molecule has 7 nitrogen and oxygen atoms in total. The molecule has 40 heavy (non-hydrogen) atoms. The lowest BCUT2D eigenvalue weighted by molar-refractivity contribution is -0.0564. The van der Waals surface area contributed by atoms with Gasteiger partial charge in [-0.1, -0.05) is 6.92 Å². The summed E-state index contributed by atoms with van der Waals surface area (Å²) >= 11 is 4.50. The topological polar surface area (TPSA) is 65.0 Å². The van der Waals surface area contributed by atoms with Gasteiger partial charge in [0, 0.05) is 48.6 Å². The van der Waals surface area contributed by atoms with Gasteiger partial charge in [0.1, 0.15) is 0 Å². The molecule has 222 valence electrons. The molecule has 2 aliphatic heterocycles. The molecule has 0 aliphatic carbocycles. The largest absolute Gasteiger partial charge is 0.390 e. The molecule has 0 aromatic carbocycles. The summed E-state index contributed by atoms with van der Waals surface area (Å²) in [4.78, 5) is 16.7. The van der Waals surface area contributed by atoms with Crippen LogP contribution >= 0.6 is 12.6 Å². The van der Waals surface area contributed by atoms with Crippen LogP contribution in [-0.2, 0) is 4.74 Å². The molecule has 0 amide bonds. The Balaban J connectivity index is 1.31. The zero-order valence-electron chi connectivity index (χ0n) is 25.7. The lowest BCUT2D eigenvalue weighted by Gasteiger charge is -2.46. The first kappa shape index (κ1) is 31.1. The van der Waals surface area contributed by atoms with E-state index in [9.17, 15) is 5.11 Å². The van der Waals surface area contributed by atoms with E-state index in [-0.39, 0.29) is 22.8 Å². The number of anilines is 2. The van der Waals surface area contributed by atoms with Crippen molar-refractivity contribution in [1.29, 1.82) is 0 Å². The normalized spacial score (nSPS) is 22.4. The van der Waals surface area contributed by atoms with Crippen molar-refractivity contribution < 1.29 is 9.84 Å². The maximum atomic E-state index is 10.5. The Morgan fingerprint density at radius 2 is 1.62 bits per heavy atom. The first-order valence-corrected chi connectivity index (χ1v) is 15.5. The number of hydrogen-bond donors (Lipinski definition) is 2. The van der Waals surface area contributed by atoms with Gasteiger partial charge in [0.25, 0.3) is 0 Å². The lowest BCUT2D eigenvalue weighted by atomic mass is 9.84. The number of rotatable bonds is 10. The van der Waals surface area contributed by atoms with Crippen molar-refractivity contribution in [1.82, 2.24) is 14.9 Å². The number of hydrogen-bond acceptors (Lipinski definition) is 8. The molecule has 8 heteroatoms. The molecule has 2 aromatic rings. The minimum atomic E-state index is -0.644. The molecule has 2 fully saturated rings. The van der Waals surface area contributed by atoms with Crippen molar-refractivity contribution >= 4 is 24.0 Å². The number of aliphatic hydroxyl groups is 1. The molecule has 4 atom stereocenters.